The monoisotopic (exact) mass is 360 g/mol. The lowest BCUT2D eigenvalue weighted by molar-refractivity contribution is -0.117. The molecule has 2 aromatic rings. The number of rotatable bonds is 8. The molecule has 3 rings (SSSR count). The van der Waals surface area contributed by atoms with Gasteiger partial charge in [0.1, 0.15) is 5.75 Å². The Balaban J connectivity index is 1.60. The predicted octanol–water partition coefficient (Wildman–Crippen LogP) is 3.38. The van der Waals surface area contributed by atoms with Gasteiger partial charge in [0.05, 0.1) is 19.8 Å². The molecular formula is C19H24N2O3S. The van der Waals surface area contributed by atoms with E-state index in [1.807, 2.05) is 30.3 Å². The maximum Gasteiger partial charge on any atom is 0.238 e. The molecule has 25 heavy (non-hydrogen) atoms. The van der Waals surface area contributed by atoms with Crippen LogP contribution in [0.15, 0.2) is 41.8 Å². The molecule has 134 valence electrons. The first-order valence-corrected chi connectivity index (χ1v) is 9.41. The van der Waals surface area contributed by atoms with Gasteiger partial charge in [-0.15, -0.1) is 11.3 Å². The van der Waals surface area contributed by atoms with Crippen LogP contribution in [0.4, 0.5) is 5.69 Å². The maximum absolute atomic E-state index is 12.5. The van der Waals surface area contributed by atoms with Crippen molar-refractivity contribution in [3.8, 4) is 5.75 Å². The smallest absolute Gasteiger partial charge is 0.238 e. The van der Waals surface area contributed by atoms with E-state index in [1.165, 1.54) is 4.88 Å². The molecule has 0 unspecified atom stereocenters. The van der Waals surface area contributed by atoms with Gasteiger partial charge in [0.25, 0.3) is 0 Å². The van der Waals surface area contributed by atoms with Crippen molar-refractivity contribution in [3.63, 3.8) is 0 Å². The van der Waals surface area contributed by atoms with Crippen molar-refractivity contribution < 1.29 is 14.3 Å². The van der Waals surface area contributed by atoms with Gasteiger partial charge in [-0.3, -0.25) is 9.69 Å². The van der Waals surface area contributed by atoms with Crippen LogP contribution in [0.2, 0.25) is 0 Å². The van der Waals surface area contributed by atoms with Crippen LogP contribution in [0.1, 0.15) is 17.7 Å². The molecule has 0 spiro atoms. The minimum Gasteiger partial charge on any atom is -0.497 e. The number of amides is 1. The van der Waals surface area contributed by atoms with E-state index in [4.69, 9.17) is 9.47 Å². The first kappa shape index (κ1) is 17.9. The van der Waals surface area contributed by atoms with Crippen molar-refractivity contribution in [2.45, 2.75) is 25.5 Å². The van der Waals surface area contributed by atoms with Gasteiger partial charge < -0.3 is 14.8 Å². The van der Waals surface area contributed by atoms with E-state index in [1.54, 1.807) is 18.4 Å². The zero-order valence-electron chi connectivity index (χ0n) is 14.4. The van der Waals surface area contributed by atoms with E-state index >= 15 is 0 Å². The normalized spacial score (nSPS) is 17.0. The van der Waals surface area contributed by atoms with Gasteiger partial charge >= 0.3 is 0 Å². The van der Waals surface area contributed by atoms with Gasteiger partial charge in [-0.25, -0.2) is 0 Å². The molecule has 6 heteroatoms. The highest BCUT2D eigenvalue weighted by molar-refractivity contribution is 7.09. The van der Waals surface area contributed by atoms with Crippen LogP contribution >= 0.6 is 11.3 Å². The van der Waals surface area contributed by atoms with E-state index in [0.717, 1.165) is 44.0 Å². The summed E-state index contributed by atoms with van der Waals surface area (Å²) in [5.74, 6) is 0.704. The molecule has 1 amide bonds. The molecule has 1 atom stereocenters. The quantitative estimate of drug-likeness (QED) is 0.784. The number of hydrogen-bond donors (Lipinski definition) is 1. The Morgan fingerprint density at radius 3 is 3.04 bits per heavy atom. The second-order valence-electron chi connectivity index (χ2n) is 6.16. The molecule has 0 aliphatic carbocycles. The Hall–Kier alpha value is -1.89. The average molecular weight is 360 g/mol. The lowest BCUT2D eigenvalue weighted by Crippen LogP contribution is -2.37. The number of nitrogens with one attached hydrogen (secondary N) is 1. The lowest BCUT2D eigenvalue weighted by Gasteiger charge is -2.24. The van der Waals surface area contributed by atoms with Gasteiger partial charge in [-0.2, -0.15) is 0 Å². The number of benzene rings is 1. The van der Waals surface area contributed by atoms with Crippen molar-refractivity contribution >= 4 is 22.9 Å². The Morgan fingerprint density at radius 2 is 2.32 bits per heavy atom. The minimum atomic E-state index is -0.0252. The maximum atomic E-state index is 12.5. The Bertz CT molecular complexity index is 669. The third-order valence-electron chi connectivity index (χ3n) is 4.17. The van der Waals surface area contributed by atoms with Crippen LogP contribution in [-0.2, 0) is 16.1 Å². The topological polar surface area (TPSA) is 50.8 Å². The van der Waals surface area contributed by atoms with Crippen LogP contribution < -0.4 is 10.1 Å². The van der Waals surface area contributed by atoms with E-state index < -0.39 is 0 Å². The van der Waals surface area contributed by atoms with Crippen molar-refractivity contribution in [1.29, 1.82) is 0 Å². The summed E-state index contributed by atoms with van der Waals surface area (Å²) in [5.41, 5.74) is 0.748. The minimum absolute atomic E-state index is 0.0252. The SMILES string of the molecule is COc1cccc(NC(=O)CN(Cc2cccs2)C[C@H]2CCCO2)c1. The molecule has 1 N–H and O–H groups in total. The zero-order valence-corrected chi connectivity index (χ0v) is 15.3. The van der Waals surface area contributed by atoms with Crippen LogP contribution in [-0.4, -0.2) is 43.7 Å². The Morgan fingerprint density at radius 1 is 1.40 bits per heavy atom. The standard InChI is InChI=1S/C19H24N2O3S/c1-23-16-6-2-5-15(11-16)20-19(22)14-21(12-17-7-3-9-24-17)13-18-8-4-10-25-18/h2,4-6,8,10-11,17H,3,7,9,12-14H2,1H3,(H,20,22)/t17-/m1/s1. The van der Waals surface area contributed by atoms with E-state index in [-0.39, 0.29) is 12.0 Å². The number of nitrogens with zero attached hydrogens (tertiary/aromatic N) is 1. The number of carbonyl (C=O) groups excluding carboxylic acids is 1. The summed E-state index contributed by atoms with van der Waals surface area (Å²) in [6.45, 7) is 2.72. The Labute approximate surface area is 152 Å². The molecule has 1 fully saturated rings. The molecule has 1 saturated heterocycles. The van der Waals surface area contributed by atoms with Gasteiger partial charge in [-0.05, 0) is 36.4 Å². The highest BCUT2D eigenvalue weighted by atomic mass is 32.1. The van der Waals surface area contributed by atoms with Crippen LogP contribution in [0.5, 0.6) is 5.75 Å². The van der Waals surface area contributed by atoms with Gasteiger partial charge in [0.15, 0.2) is 0 Å². The third-order valence-corrected chi connectivity index (χ3v) is 5.03. The summed E-state index contributed by atoms with van der Waals surface area (Å²) in [5, 5.41) is 5.02. The average Bonchev–Trinajstić information content (AvgIpc) is 3.29. The summed E-state index contributed by atoms with van der Waals surface area (Å²) in [4.78, 5) is 15.9. The third kappa shape index (κ3) is 5.56. The summed E-state index contributed by atoms with van der Waals surface area (Å²) >= 11 is 1.71. The number of thiophene rings is 1. The second-order valence-corrected chi connectivity index (χ2v) is 7.20. The number of anilines is 1. The lowest BCUT2D eigenvalue weighted by atomic mass is 10.2. The molecule has 2 heterocycles. The van der Waals surface area contributed by atoms with E-state index in [0.29, 0.717) is 6.54 Å². The zero-order chi connectivity index (χ0) is 17.5. The molecule has 1 aliphatic heterocycles. The summed E-state index contributed by atoms with van der Waals surface area (Å²) < 4.78 is 10.9. The Kier molecular flexibility index (Phi) is 6.44. The molecule has 0 bridgehead atoms. The van der Waals surface area contributed by atoms with E-state index in [2.05, 4.69) is 21.7 Å². The number of methoxy groups -OCH3 is 1. The fourth-order valence-electron chi connectivity index (χ4n) is 2.99. The number of carbonyl (C=O) groups is 1. The van der Waals surface area contributed by atoms with Crippen molar-refractivity contribution in [2.75, 3.05) is 32.1 Å². The summed E-state index contributed by atoms with van der Waals surface area (Å²) in [6, 6.07) is 11.6. The first-order chi connectivity index (χ1) is 12.2. The number of ether oxygens (including phenoxy) is 2. The molecule has 1 aromatic carbocycles. The van der Waals surface area contributed by atoms with Crippen molar-refractivity contribution in [3.05, 3.63) is 46.7 Å². The van der Waals surface area contributed by atoms with Crippen molar-refractivity contribution in [2.24, 2.45) is 0 Å². The summed E-state index contributed by atoms with van der Waals surface area (Å²) in [6.07, 6.45) is 2.40. The van der Waals surface area contributed by atoms with Crippen LogP contribution in [0.3, 0.4) is 0 Å². The fourth-order valence-corrected chi connectivity index (χ4v) is 3.73. The first-order valence-electron chi connectivity index (χ1n) is 8.53. The highest BCUT2D eigenvalue weighted by Gasteiger charge is 2.21. The highest BCUT2D eigenvalue weighted by Crippen LogP contribution is 2.19. The van der Waals surface area contributed by atoms with Gasteiger partial charge in [-0.1, -0.05) is 12.1 Å². The van der Waals surface area contributed by atoms with Gasteiger partial charge in [0, 0.05) is 36.3 Å². The van der Waals surface area contributed by atoms with Crippen molar-refractivity contribution in [1.82, 2.24) is 4.90 Å². The molecule has 1 aromatic heterocycles. The molecule has 0 radical (unpaired) electrons. The number of hydrogen-bond acceptors (Lipinski definition) is 5. The van der Waals surface area contributed by atoms with Gasteiger partial charge in [0.2, 0.25) is 5.91 Å². The molecule has 1 aliphatic rings. The summed E-state index contributed by atoms with van der Waals surface area (Å²) in [7, 11) is 1.62. The second kappa shape index (κ2) is 8.99. The predicted molar refractivity (Wildman–Crippen MR) is 100 cm³/mol. The molecular weight excluding hydrogens is 336 g/mol. The molecule has 5 nitrogen and oxygen atoms in total. The fraction of sp³-hybridized carbons (Fsp3) is 0.421. The van der Waals surface area contributed by atoms with Crippen LogP contribution in [0, 0.1) is 0 Å². The molecule has 0 saturated carbocycles. The van der Waals surface area contributed by atoms with E-state index in [9.17, 15) is 4.79 Å². The largest absolute Gasteiger partial charge is 0.497 e. The van der Waals surface area contributed by atoms with Crippen LogP contribution in [0.25, 0.3) is 0 Å².